The van der Waals surface area contributed by atoms with Crippen LogP contribution in [-0.2, 0) is 32.6 Å². The topological polar surface area (TPSA) is 86.8 Å². The van der Waals surface area contributed by atoms with Gasteiger partial charge in [-0.2, -0.15) is 0 Å². The first-order valence-corrected chi connectivity index (χ1v) is 16.8. The van der Waals surface area contributed by atoms with E-state index in [-0.39, 0.29) is 29.8 Å². The SMILES string of the molecule is CC[C@H](C)NC(=O)[C@H](Cc1ccccc1)N(Cc1ccccc1C)C(=O)CN(c1ccc(C)cc1)S(=O)(=O)c1ccc(Cl)cc1. The minimum atomic E-state index is -4.19. The maximum absolute atomic E-state index is 14.6. The summed E-state index contributed by atoms with van der Waals surface area (Å²) >= 11 is 6.06. The molecule has 0 radical (unpaired) electrons. The van der Waals surface area contributed by atoms with Crippen LogP contribution in [0, 0.1) is 13.8 Å². The Morgan fingerprint density at radius 2 is 1.47 bits per heavy atom. The van der Waals surface area contributed by atoms with E-state index in [4.69, 9.17) is 11.6 Å². The lowest BCUT2D eigenvalue weighted by atomic mass is 10.0. The second-order valence-electron chi connectivity index (χ2n) is 11.3. The summed E-state index contributed by atoms with van der Waals surface area (Å²) in [4.78, 5) is 30.0. The predicted molar refractivity (Wildman–Crippen MR) is 181 cm³/mol. The molecule has 0 fully saturated rings. The molecule has 0 unspecified atom stereocenters. The molecule has 0 bridgehead atoms. The zero-order valence-electron chi connectivity index (χ0n) is 26.1. The number of carbonyl (C=O) groups is 2. The summed E-state index contributed by atoms with van der Waals surface area (Å²) in [5, 5.41) is 3.46. The molecule has 0 saturated carbocycles. The van der Waals surface area contributed by atoms with E-state index in [2.05, 4.69) is 5.32 Å². The van der Waals surface area contributed by atoms with E-state index >= 15 is 0 Å². The first-order chi connectivity index (χ1) is 21.5. The summed E-state index contributed by atoms with van der Waals surface area (Å²) in [5.41, 5.74) is 3.99. The fourth-order valence-electron chi connectivity index (χ4n) is 4.94. The van der Waals surface area contributed by atoms with E-state index in [1.165, 1.54) is 29.2 Å². The minimum Gasteiger partial charge on any atom is -0.352 e. The molecular formula is C36H40ClN3O4S. The molecule has 9 heteroatoms. The van der Waals surface area contributed by atoms with Crippen molar-refractivity contribution >= 4 is 39.1 Å². The normalized spacial score (nSPS) is 12.6. The van der Waals surface area contributed by atoms with Gasteiger partial charge in [0.1, 0.15) is 12.6 Å². The maximum Gasteiger partial charge on any atom is 0.264 e. The lowest BCUT2D eigenvalue weighted by Crippen LogP contribution is -2.54. The third kappa shape index (κ3) is 8.74. The Balaban J connectivity index is 1.81. The van der Waals surface area contributed by atoms with Crippen LogP contribution in [0.2, 0.25) is 5.02 Å². The van der Waals surface area contributed by atoms with Gasteiger partial charge in [-0.25, -0.2) is 8.42 Å². The average molecular weight is 646 g/mol. The second-order valence-corrected chi connectivity index (χ2v) is 13.6. The van der Waals surface area contributed by atoms with Crippen LogP contribution in [0.5, 0.6) is 0 Å². The molecule has 45 heavy (non-hydrogen) atoms. The standard InChI is InChI=1S/C36H40ClN3O4S/c1-5-28(4)38-36(42)34(23-29-12-7-6-8-13-29)39(24-30-14-10-9-11-27(30)3)35(41)25-40(32-19-15-26(2)16-20-32)45(43,44)33-21-17-31(37)18-22-33/h6-22,28,34H,5,23-25H2,1-4H3,(H,38,42)/t28-,34-/m0/s1. The zero-order valence-corrected chi connectivity index (χ0v) is 27.7. The number of anilines is 1. The molecule has 0 aliphatic rings. The number of hydrogen-bond acceptors (Lipinski definition) is 4. The summed E-state index contributed by atoms with van der Waals surface area (Å²) in [6, 6.07) is 29.0. The van der Waals surface area contributed by atoms with Gasteiger partial charge < -0.3 is 10.2 Å². The number of nitrogens with one attached hydrogen (secondary N) is 1. The van der Waals surface area contributed by atoms with Crippen LogP contribution in [0.15, 0.2) is 108 Å². The van der Waals surface area contributed by atoms with Crippen LogP contribution in [-0.4, -0.2) is 43.8 Å². The quantitative estimate of drug-likeness (QED) is 0.175. The predicted octanol–water partition coefficient (Wildman–Crippen LogP) is 6.71. The van der Waals surface area contributed by atoms with Gasteiger partial charge in [0.15, 0.2) is 0 Å². The monoisotopic (exact) mass is 645 g/mol. The van der Waals surface area contributed by atoms with Gasteiger partial charge in [0, 0.05) is 24.0 Å². The molecule has 2 amide bonds. The maximum atomic E-state index is 14.6. The third-order valence-corrected chi connectivity index (χ3v) is 9.92. The molecule has 4 aromatic carbocycles. The van der Waals surface area contributed by atoms with Gasteiger partial charge in [-0.1, -0.05) is 90.8 Å². The molecule has 0 aromatic heterocycles. The average Bonchev–Trinajstić information content (AvgIpc) is 3.03. The van der Waals surface area contributed by atoms with Gasteiger partial charge in [0.25, 0.3) is 10.0 Å². The van der Waals surface area contributed by atoms with Gasteiger partial charge in [0.05, 0.1) is 10.6 Å². The van der Waals surface area contributed by atoms with Crippen molar-refractivity contribution in [3.63, 3.8) is 0 Å². The fourth-order valence-corrected chi connectivity index (χ4v) is 6.48. The number of sulfonamides is 1. The summed E-state index contributed by atoms with van der Waals surface area (Å²) in [6.07, 6.45) is 0.977. The van der Waals surface area contributed by atoms with Crippen LogP contribution >= 0.6 is 11.6 Å². The Morgan fingerprint density at radius 3 is 2.09 bits per heavy atom. The Kier molecular flexibility index (Phi) is 11.4. The Bertz CT molecular complexity index is 1690. The van der Waals surface area contributed by atoms with Gasteiger partial charge >= 0.3 is 0 Å². The van der Waals surface area contributed by atoms with E-state index in [1.54, 1.807) is 24.3 Å². The highest BCUT2D eigenvalue weighted by Crippen LogP contribution is 2.26. The van der Waals surface area contributed by atoms with Crippen molar-refractivity contribution in [3.05, 3.63) is 130 Å². The minimum absolute atomic E-state index is 0.000998. The number of hydrogen-bond donors (Lipinski definition) is 1. The Labute approximate surface area is 271 Å². The van der Waals surface area contributed by atoms with E-state index in [1.807, 2.05) is 82.3 Å². The molecule has 4 aromatic rings. The number of rotatable bonds is 13. The Hall–Kier alpha value is -4.14. The van der Waals surface area contributed by atoms with Crippen molar-refractivity contribution in [2.45, 2.75) is 64.1 Å². The number of aryl methyl sites for hydroxylation is 2. The molecule has 2 atom stereocenters. The molecule has 0 aliphatic carbocycles. The second kappa shape index (κ2) is 15.2. The summed E-state index contributed by atoms with van der Waals surface area (Å²) in [7, 11) is -4.19. The molecule has 4 rings (SSSR count). The number of benzene rings is 4. The summed E-state index contributed by atoms with van der Waals surface area (Å²) < 4.78 is 29.3. The van der Waals surface area contributed by atoms with Gasteiger partial charge in [-0.15, -0.1) is 0 Å². The van der Waals surface area contributed by atoms with Gasteiger partial charge in [-0.3, -0.25) is 13.9 Å². The van der Waals surface area contributed by atoms with E-state index in [0.717, 1.165) is 33.0 Å². The smallest absolute Gasteiger partial charge is 0.264 e. The van der Waals surface area contributed by atoms with Crippen LogP contribution in [0.1, 0.15) is 42.5 Å². The molecule has 0 spiro atoms. The molecular weight excluding hydrogens is 606 g/mol. The molecule has 0 aliphatic heterocycles. The van der Waals surface area contributed by atoms with Crippen LogP contribution in [0.3, 0.4) is 0 Å². The largest absolute Gasteiger partial charge is 0.352 e. The van der Waals surface area contributed by atoms with Crippen molar-refractivity contribution in [1.29, 1.82) is 0 Å². The lowest BCUT2D eigenvalue weighted by Gasteiger charge is -2.34. The molecule has 0 saturated heterocycles. The first kappa shape index (κ1) is 33.7. The molecule has 0 heterocycles. The molecule has 236 valence electrons. The van der Waals surface area contributed by atoms with Crippen LogP contribution in [0.4, 0.5) is 5.69 Å². The number of carbonyl (C=O) groups excluding carboxylic acids is 2. The first-order valence-electron chi connectivity index (χ1n) is 15.0. The number of amides is 2. The number of halogens is 1. The van der Waals surface area contributed by atoms with Crippen molar-refractivity contribution in [1.82, 2.24) is 10.2 Å². The molecule has 1 N–H and O–H groups in total. The zero-order chi connectivity index (χ0) is 32.6. The van der Waals surface area contributed by atoms with E-state index in [9.17, 15) is 18.0 Å². The third-order valence-electron chi connectivity index (χ3n) is 7.88. The van der Waals surface area contributed by atoms with Crippen LogP contribution in [0.25, 0.3) is 0 Å². The highest BCUT2D eigenvalue weighted by atomic mass is 35.5. The summed E-state index contributed by atoms with van der Waals surface area (Å²) in [5.74, 6) is -0.797. The van der Waals surface area contributed by atoms with Gasteiger partial charge in [0.2, 0.25) is 11.8 Å². The highest BCUT2D eigenvalue weighted by Gasteiger charge is 2.35. The number of nitrogens with zero attached hydrogens (tertiary/aromatic N) is 2. The highest BCUT2D eigenvalue weighted by molar-refractivity contribution is 7.92. The van der Waals surface area contributed by atoms with Gasteiger partial charge in [-0.05, 0) is 80.3 Å². The Morgan fingerprint density at radius 1 is 0.844 bits per heavy atom. The van der Waals surface area contributed by atoms with Crippen molar-refractivity contribution in [3.8, 4) is 0 Å². The van der Waals surface area contributed by atoms with Crippen molar-refractivity contribution in [2.24, 2.45) is 0 Å². The molecule has 7 nitrogen and oxygen atoms in total. The van der Waals surface area contributed by atoms with E-state index < -0.39 is 28.5 Å². The van der Waals surface area contributed by atoms with Crippen LogP contribution < -0.4 is 9.62 Å². The lowest BCUT2D eigenvalue weighted by molar-refractivity contribution is -0.140. The van der Waals surface area contributed by atoms with Crippen molar-refractivity contribution < 1.29 is 18.0 Å². The fraction of sp³-hybridized carbons (Fsp3) is 0.278. The summed E-state index contributed by atoms with van der Waals surface area (Å²) in [6.45, 7) is 7.37. The van der Waals surface area contributed by atoms with E-state index in [0.29, 0.717) is 10.7 Å². The van der Waals surface area contributed by atoms with Crippen molar-refractivity contribution in [2.75, 3.05) is 10.8 Å².